The van der Waals surface area contributed by atoms with Crippen LogP contribution in [0, 0.1) is 0 Å². The number of benzene rings is 1. The Morgan fingerprint density at radius 1 is 1.47 bits per heavy atom. The second-order valence-corrected chi connectivity index (χ2v) is 3.81. The number of rotatable bonds is 6. The standard InChI is InChI=1S/C11H15ClN2O/c12-10-4-1-3-9(7-10)8-14-6-2-5-11(13)15/h1,3-4,7,14H,2,5-6,8H2,(H2,13,15). The first-order valence-corrected chi connectivity index (χ1v) is 5.30. The third-order valence-corrected chi connectivity index (χ3v) is 2.23. The molecule has 0 atom stereocenters. The number of nitrogens with one attached hydrogen (secondary N) is 1. The van der Waals surface area contributed by atoms with Gasteiger partial charge in [0.25, 0.3) is 0 Å². The van der Waals surface area contributed by atoms with Crippen molar-refractivity contribution in [2.75, 3.05) is 6.54 Å². The number of carbonyl (C=O) groups is 1. The maximum atomic E-state index is 10.5. The first-order chi connectivity index (χ1) is 7.18. The fourth-order valence-electron chi connectivity index (χ4n) is 1.27. The lowest BCUT2D eigenvalue weighted by Gasteiger charge is -2.04. The van der Waals surface area contributed by atoms with E-state index in [0.717, 1.165) is 30.1 Å². The van der Waals surface area contributed by atoms with Gasteiger partial charge in [0.1, 0.15) is 0 Å². The average molecular weight is 227 g/mol. The summed E-state index contributed by atoms with van der Waals surface area (Å²) in [7, 11) is 0. The van der Waals surface area contributed by atoms with Crippen LogP contribution in [0.3, 0.4) is 0 Å². The van der Waals surface area contributed by atoms with Gasteiger partial charge in [-0.3, -0.25) is 4.79 Å². The Hall–Kier alpha value is -1.06. The Kier molecular flexibility index (Phi) is 5.15. The molecule has 1 amide bonds. The van der Waals surface area contributed by atoms with Gasteiger partial charge in [-0.1, -0.05) is 23.7 Å². The van der Waals surface area contributed by atoms with E-state index in [2.05, 4.69) is 5.32 Å². The molecular formula is C11H15ClN2O. The van der Waals surface area contributed by atoms with E-state index in [-0.39, 0.29) is 5.91 Å². The Morgan fingerprint density at radius 3 is 2.93 bits per heavy atom. The van der Waals surface area contributed by atoms with Gasteiger partial charge >= 0.3 is 0 Å². The molecule has 0 spiro atoms. The highest BCUT2D eigenvalue weighted by Crippen LogP contribution is 2.10. The Bertz CT molecular complexity index is 328. The van der Waals surface area contributed by atoms with E-state index in [9.17, 15) is 4.79 Å². The van der Waals surface area contributed by atoms with Crippen LogP contribution in [-0.2, 0) is 11.3 Å². The maximum absolute atomic E-state index is 10.5. The van der Waals surface area contributed by atoms with Crippen molar-refractivity contribution in [3.05, 3.63) is 34.9 Å². The van der Waals surface area contributed by atoms with Crippen LogP contribution in [-0.4, -0.2) is 12.5 Å². The van der Waals surface area contributed by atoms with Crippen LogP contribution in [0.5, 0.6) is 0 Å². The van der Waals surface area contributed by atoms with Crippen LogP contribution in [0.2, 0.25) is 5.02 Å². The number of amides is 1. The second-order valence-electron chi connectivity index (χ2n) is 3.38. The van der Waals surface area contributed by atoms with Gasteiger partial charge in [-0.05, 0) is 30.7 Å². The first kappa shape index (κ1) is 12.0. The van der Waals surface area contributed by atoms with Crippen LogP contribution >= 0.6 is 11.6 Å². The molecule has 0 aliphatic carbocycles. The number of primary amides is 1. The molecule has 82 valence electrons. The van der Waals surface area contributed by atoms with E-state index in [1.165, 1.54) is 0 Å². The van der Waals surface area contributed by atoms with E-state index < -0.39 is 0 Å². The van der Waals surface area contributed by atoms with E-state index in [1.807, 2.05) is 24.3 Å². The summed E-state index contributed by atoms with van der Waals surface area (Å²) in [5.41, 5.74) is 6.16. The Morgan fingerprint density at radius 2 is 2.27 bits per heavy atom. The van der Waals surface area contributed by atoms with Gasteiger partial charge in [0.15, 0.2) is 0 Å². The van der Waals surface area contributed by atoms with Gasteiger partial charge in [0, 0.05) is 18.0 Å². The molecule has 0 heterocycles. The molecule has 3 nitrogen and oxygen atoms in total. The molecule has 0 aliphatic rings. The van der Waals surface area contributed by atoms with Crippen LogP contribution in [0.4, 0.5) is 0 Å². The Balaban J connectivity index is 2.17. The highest BCUT2D eigenvalue weighted by atomic mass is 35.5. The van der Waals surface area contributed by atoms with Gasteiger partial charge in [-0.25, -0.2) is 0 Å². The summed E-state index contributed by atoms with van der Waals surface area (Å²) in [4.78, 5) is 10.5. The monoisotopic (exact) mass is 226 g/mol. The minimum Gasteiger partial charge on any atom is -0.370 e. The minimum atomic E-state index is -0.250. The smallest absolute Gasteiger partial charge is 0.217 e. The van der Waals surface area contributed by atoms with Crippen molar-refractivity contribution in [1.29, 1.82) is 0 Å². The number of carbonyl (C=O) groups excluding carboxylic acids is 1. The van der Waals surface area contributed by atoms with Crippen molar-refractivity contribution >= 4 is 17.5 Å². The van der Waals surface area contributed by atoms with Crippen molar-refractivity contribution < 1.29 is 4.79 Å². The van der Waals surface area contributed by atoms with Crippen LogP contribution in [0.15, 0.2) is 24.3 Å². The molecule has 0 aliphatic heterocycles. The zero-order valence-corrected chi connectivity index (χ0v) is 9.26. The van der Waals surface area contributed by atoms with Crippen LogP contribution in [0.1, 0.15) is 18.4 Å². The average Bonchev–Trinajstić information content (AvgIpc) is 2.17. The first-order valence-electron chi connectivity index (χ1n) is 4.92. The molecule has 0 saturated heterocycles. The van der Waals surface area contributed by atoms with E-state index in [0.29, 0.717) is 6.42 Å². The topological polar surface area (TPSA) is 55.1 Å². The van der Waals surface area contributed by atoms with Crippen molar-refractivity contribution in [2.45, 2.75) is 19.4 Å². The molecule has 0 saturated carbocycles. The summed E-state index contributed by atoms with van der Waals surface area (Å²) in [6.07, 6.45) is 1.21. The fourth-order valence-corrected chi connectivity index (χ4v) is 1.48. The molecule has 0 radical (unpaired) electrons. The summed E-state index contributed by atoms with van der Waals surface area (Å²) in [6.45, 7) is 1.55. The van der Waals surface area contributed by atoms with Gasteiger partial charge in [-0.2, -0.15) is 0 Å². The Labute approximate surface area is 94.6 Å². The fraction of sp³-hybridized carbons (Fsp3) is 0.364. The van der Waals surface area contributed by atoms with Crippen LogP contribution in [0.25, 0.3) is 0 Å². The van der Waals surface area contributed by atoms with Gasteiger partial charge < -0.3 is 11.1 Å². The molecular weight excluding hydrogens is 212 g/mol. The molecule has 4 heteroatoms. The lowest BCUT2D eigenvalue weighted by molar-refractivity contribution is -0.118. The lowest BCUT2D eigenvalue weighted by atomic mass is 10.2. The van der Waals surface area contributed by atoms with E-state index >= 15 is 0 Å². The van der Waals surface area contributed by atoms with Crippen molar-refractivity contribution in [2.24, 2.45) is 5.73 Å². The third kappa shape index (κ3) is 5.40. The summed E-state index contributed by atoms with van der Waals surface area (Å²) in [6, 6.07) is 7.69. The zero-order chi connectivity index (χ0) is 11.1. The number of halogens is 1. The van der Waals surface area contributed by atoms with Gasteiger partial charge in [-0.15, -0.1) is 0 Å². The highest BCUT2D eigenvalue weighted by molar-refractivity contribution is 6.30. The molecule has 1 aromatic rings. The van der Waals surface area contributed by atoms with Crippen molar-refractivity contribution in [1.82, 2.24) is 5.32 Å². The summed E-state index contributed by atoms with van der Waals surface area (Å²) in [5, 5.41) is 3.96. The number of hydrogen-bond donors (Lipinski definition) is 2. The van der Waals surface area contributed by atoms with Crippen molar-refractivity contribution in [3.8, 4) is 0 Å². The quantitative estimate of drug-likeness (QED) is 0.726. The molecule has 0 aromatic heterocycles. The minimum absolute atomic E-state index is 0.250. The molecule has 0 bridgehead atoms. The van der Waals surface area contributed by atoms with Gasteiger partial charge in [0.2, 0.25) is 5.91 Å². The maximum Gasteiger partial charge on any atom is 0.217 e. The normalized spacial score (nSPS) is 10.2. The number of nitrogens with two attached hydrogens (primary N) is 1. The SMILES string of the molecule is NC(=O)CCCNCc1cccc(Cl)c1. The third-order valence-electron chi connectivity index (χ3n) is 1.99. The van der Waals surface area contributed by atoms with E-state index in [1.54, 1.807) is 0 Å². The van der Waals surface area contributed by atoms with E-state index in [4.69, 9.17) is 17.3 Å². The number of hydrogen-bond acceptors (Lipinski definition) is 2. The van der Waals surface area contributed by atoms with Crippen molar-refractivity contribution in [3.63, 3.8) is 0 Å². The summed E-state index contributed by atoms with van der Waals surface area (Å²) < 4.78 is 0. The van der Waals surface area contributed by atoms with Gasteiger partial charge in [0.05, 0.1) is 0 Å². The zero-order valence-electron chi connectivity index (χ0n) is 8.50. The largest absolute Gasteiger partial charge is 0.370 e. The summed E-state index contributed by atoms with van der Waals surface area (Å²) in [5.74, 6) is -0.250. The molecule has 0 unspecified atom stereocenters. The highest BCUT2D eigenvalue weighted by Gasteiger charge is 1.95. The predicted octanol–water partition coefficient (Wildman–Crippen LogP) is 1.70. The lowest BCUT2D eigenvalue weighted by Crippen LogP contribution is -2.18. The molecule has 1 rings (SSSR count). The molecule has 0 fully saturated rings. The molecule has 3 N–H and O–H groups in total. The van der Waals surface area contributed by atoms with Crippen LogP contribution < -0.4 is 11.1 Å². The second kappa shape index (κ2) is 6.43. The predicted molar refractivity (Wildman–Crippen MR) is 61.6 cm³/mol. The molecule has 15 heavy (non-hydrogen) atoms. The summed E-state index contributed by atoms with van der Waals surface area (Å²) >= 11 is 5.84. The molecule has 1 aromatic carbocycles.